The first-order valence-electron chi connectivity index (χ1n) is 5.86. The second kappa shape index (κ2) is 5.90. The number of halogens is 1. The highest BCUT2D eigenvalue weighted by atomic mass is 35.5. The molecule has 1 aromatic rings. The van der Waals surface area contributed by atoms with E-state index in [0.717, 1.165) is 5.56 Å². The van der Waals surface area contributed by atoms with Crippen molar-refractivity contribution in [1.82, 2.24) is 10.6 Å². The minimum atomic E-state index is 0.0204. The average molecular weight is 283 g/mol. The van der Waals surface area contributed by atoms with E-state index >= 15 is 0 Å². The number of nitrogens with zero attached hydrogens (tertiary/aromatic N) is 1. The van der Waals surface area contributed by atoms with Gasteiger partial charge in [-0.2, -0.15) is 0 Å². The second-order valence-electron chi connectivity index (χ2n) is 4.38. The maximum Gasteiger partial charge on any atom is 0.221 e. The van der Waals surface area contributed by atoms with E-state index in [1.54, 1.807) is 12.1 Å². The molecule has 0 aliphatic carbocycles. The number of carbonyl (C=O) groups is 1. The van der Waals surface area contributed by atoms with Crippen LogP contribution >= 0.6 is 11.6 Å². The van der Waals surface area contributed by atoms with Crippen molar-refractivity contribution in [3.05, 3.63) is 34.3 Å². The van der Waals surface area contributed by atoms with Gasteiger partial charge in [-0.25, -0.2) is 0 Å². The quantitative estimate of drug-likeness (QED) is 0.278. The zero-order valence-electron chi connectivity index (χ0n) is 10.2. The molecule has 1 atom stereocenters. The van der Waals surface area contributed by atoms with E-state index in [9.17, 15) is 4.79 Å². The van der Waals surface area contributed by atoms with E-state index < -0.39 is 0 Å². The molecule has 1 aliphatic rings. The van der Waals surface area contributed by atoms with Crippen LogP contribution < -0.4 is 16.4 Å². The van der Waals surface area contributed by atoms with E-state index in [-0.39, 0.29) is 17.8 Å². The molecule has 1 aromatic carbocycles. The third-order valence-corrected chi connectivity index (χ3v) is 3.37. The van der Waals surface area contributed by atoms with Gasteiger partial charge in [-0.05, 0) is 11.6 Å². The minimum absolute atomic E-state index is 0.0204. The molecule has 0 aromatic heterocycles. The van der Waals surface area contributed by atoms with Crippen molar-refractivity contribution in [2.45, 2.75) is 19.0 Å². The van der Waals surface area contributed by atoms with Gasteiger partial charge in [0.1, 0.15) is 0 Å². The summed E-state index contributed by atoms with van der Waals surface area (Å²) in [7, 11) is 0. The van der Waals surface area contributed by atoms with Crippen molar-refractivity contribution in [2.75, 3.05) is 6.54 Å². The molecule has 19 heavy (non-hydrogen) atoms. The molecule has 7 heteroatoms. The van der Waals surface area contributed by atoms with Crippen molar-refractivity contribution in [3.63, 3.8) is 0 Å². The summed E-state index contributed by atoms with van der Waals surface area (Å²) in [5, 5.41) is 18.1. The Bertz CT molecular complexity index is 518. The van der Waals surface area contributed by atoms with Crippen LogP contribution in [0.3, 0.4) is 0 Å². The van der Waals surface area contributed by atoms with Crippen LogP contribution in [0, 0.1) is 0 Å². The molecule has 0 saturated carbocycles. The molecule has 1 saturated heterocycles. The Morgan fingerprint density at radius 1 is 1.63 bits per heavy atom. The van der Waals surface area contributed by atoms with Gasteiger partial charge in [0.25, 0.3) is 0 Å². The van der Waals surface area contributed by atoms with Crippen molar-refractivity contribution in [1.29, 1.82) is 0 Å². The lowest BCUT2D eigenvalue weighted by molar-refractivity contribution is -0.119. The number of benzene rings is 1. The number of nitrogens with one attached hydrogen (secondary N) is 2. The Labute approximate surface area is 115 Å². The highest BCUT2D eigenvalue weighted by molar-refractivity contribution is 6.31. The van der Waals surface area contributed by atoms with Crippen LogP contribution in [0.25, 0.3) is 0 Å². The van der Waals surface area contributed by atoms with Crippen molar-refractivity contribution >= 4 is 23.3 Å². The average Bonchev–Trinajstić information content (AvgIpc) is 2.82. The Balaban J connectivity index is 1.99. The molecule has 2 rings (SSSR count). The van der Waals surface area contributed by atoms with Gasteiger partial charge in [0.15, 0.2) is 5.84 Å². The molecule has 1 unspecified atom stereocenters. The molecule has 0 bridgehead atoms. The number of oxime groups is 1. The van der Waals surface area contributed by atoms with Gasteiger partial charge in [0, 0.05) is 36.1 Å². The lowest BCUT2D eigenvalue weighted by atomic mass is 10.1. The van der Waals surface area contributed by atoms with Gasteiger partial charge >= 0.3 is 0 Å². The molecule has 102 valence electrons. The Kier molecular flexibility index (Phi) is 4.24. The summed E-state index contributed by atoms with van der Waals surface area (Å²) in [6.07, 6.45) is 0.486. The fourth-order valence-corrected chi connectivity index (χ4v) is 2.16. The number of hydrogen-bond acceptors (Lipinski definition) is 4. The minimum Gasteiger partial charge on any atom is -0.409 e. The third kappa shape index (κ3) is 3.36. The predicted molar refractivity (Wildman–Crippen MR) is 72.2 cm³/mol. The van der Waals surface area contributed by atoms with Crippen molar-refractivity contribution in [2.24, 2.45) is 10.9 Å². The van der Waals surface area contributed by atoms with Crippen LogP contribution in [0.1, 0.15) is 17.5 Å². The number of rotatable bonds is 4. The largest absolute Gasteiger partial charge is 0.409 e. The Hall–Kier alpha value is -1.79. The number of amides is 1. The van der Waals surface area contributed by atoms with Gasteiger partial charge in [-0.15, -0.1) is 0 Å². The molecular formula is C12H15ClN4O2. The smallest absolute Gasteiger partial charge is 0.221 e. The zero-order valence-corrected chi connectivity index (χ0v) is 10.9. The molecule has 0 radical (unpaired) electrons. The van der Waals surface area contributed by atoms with Crippen LogP contribution in [0.4, 0.5) is 0 Å². The summed E-state index contributed by atoms with van der Waals surface area (Å²) in [4.78, 5) is 11.1. The third-order valence-electron chi connectivity index (χ3n) is 3.02. The van der Waals surface area contributed by atoms with Crippen molar-refractivity contribution in [3.8, 4) is 0 Å². The van der Waals surface area contributed by atoms with E-state index in [1.807, 2.05) is 6.07 Å². The Morgan fingerprint density at radius 3 is 3.00 bits per heavy atom. The predicted octanol–water partition coefficient (Wildman–Crippen LogP) is 0.413. The van der Waals surface area contributed by atoms with Gasteiger partial charge in [-0.1, -0.05) is 28.9 Å². The highest BCUT2D eigenvalue weighted by Crippen LogP contribution is 2.18. The Morgan fingerprint density at radius 2 is 2.42 bits per heavy atom. The maximum absolute atomic E-state index is 11.1. The molecule has 0 spiro atoms. The van der Waals surface area contributed by atoms with Crippen molar-refractivity contribution < 1.29 is 10.0 Å². The monoisotopic (exact) mass is 282 g/mol. The second-order valence-corrected chi connectivity index (χ2v) is 4.78. The van der Waals surface area contributed by atoms with Gasteiger partial charge < -0.3 is 21.6 Å². The summed E-state index contributed by atoms with van der Waals surface area (Å²) in [5.41, 5.74) is 6.94. The maximum atomic E-state index is 11.1. The number of amidine groups is 1. The van der Waals surface area contributed by atoms with E-state index in [4.69, 9.17) is 22.5 Å². The fourth-order valence-electron chi connectivity index (χ4n) is 1.91. The molecule has 1 fully saturated rings. The van der Waals surface area contributed by atoms with E-state index in [2.05, 4.69) is 15.8 Å². The van der Waals surface area contributed by atoms with Crippen LogP contribution in [0.5, 0.6) is 0 Å². The molecule has 1 aliphatic heterocycles. The lowest BCUT2D eigenvalue weighted by Gasteiger charge is -2.12. The van der Waals surface area contributed by atoms with Gasteiger partial charge in [0.05, 0.1) is 0 Å². The molecule has 5 N–H and O–H groups in total. The summed E-state index contributed by atoms with van der Waals surface area (Å²) >= 11 is 6.13. The highest BCUT2D eigenvalue weighted by Gasteiger charge is 2.20. The zero-order chi connectivity index (χ0) is 13.8. The number of carbonyl (C=O) groups excluding carboxylic acids is 1. The number of hydrogen-bond donors (Lipinski definition) is 4. The molecule has 1 heterocycles. The SMILES string of the molecule is N/C(=N/O)c1ccc(CNC2CNC(=O)C2)c(Cl)c1. The first kappa shape index (κ1) is 13.6. The summed E-state index contributed by atoms with van der Waals surface area (Å²) in [6, 6.07) is 5.32. The first-order valence-corrected chi connectivity index (χ1v) is 6.24. The fraction of sp³-hybridized carbons (Fsp3) is 0.333. The van der Waals surface area contributed by atoms with Crippen LogP contribution in [-0.4, -0.2) is 29.5 Å². The van der Waals surface area contributed by atoms with E-state index in [1.165, 1.54) is 0 Å². The van der Waals surface area contributed by atoms with Crippen LogP contribution in [0.2, 0.25) is 5.02 Å². The standard InChI is InChI=1S/C12H15ClN4O2/c13-10-3-7(12(14)17-19)1-2-8(10)5-15-9-4-11(18)16-6-9/h1-3,9,15,19H,4-6H2,(H2,14,17)(H,16,18). The summed E-state index contributed by atoms with van der Waals surface area (Å²) in [5.74, 6) is 0.0814. The number of nitrogens with two attached hydrogens (primary N) is 1. The summed E-state index contributed by atoms with van der Waals surface area (Å²) < 4.78 is 0. The van der Waals surface area contributed by atoms with E-state index in [0.29, 0.717) is 30.1 Å². The van der Waals surface area contributed by atoms with Gasteiger partial charge in [0.2, 0.25) is 5.91 Å². The first-order chi connectivity index (χ1) is 9.10. The molecule has 6 nitrogen and oxygen atoms in total. The normalized spacial score (nSPS) is 19.5. The molecular weight excluding hydrogens is 268 g/mol. The summed E-state index contributed by atoms with van der Waals surface area (Å²) in [6.45, 7) is 1.20. The topological polar surface area (TPSA) is 99.7 Å². The molecule has 1 amide bonds. The van der Waals surface area contributed by atoms with Gasteiger partial charge in [-0.3, -0.25) is 4.79 Å². The lowest BCUT2D eigenvalue weighted by Crippen LogP contribution is -2.30. The van der Waals surface area contributed by atoms with Crippen LogP contribution in [-0.2, 0) is 11.3 Å². The van der Waals surface area contributed by atoms with Crippen LogP contribution in [0.15, 0.2) is 23.4 Å².